The lowest BCUT2D eigenvalue weighted by molar-refractivity contribution is 0.0853. The highest BCUT2D eigenvalue weighted by molar-refractivity contribution is 5.24. The molecular formula is C18H34N2. The standard InChI is InChI=1S/C18H34N2/c1-13(2)16-17(5)11-20(12-18(16,17)6)15-7-9-19(10-8-15)14(3)4/h13-16H,7-12H2,1-6H3/t16?,17-,18+. The molecular weight excluding hydrogens is 244 g/mol. The lowest BCUT2D eigenvalue weighted by Gasteiger charge is -2.40. The van der Waals surface area contributed by atoms with Gasteiger partial charge in [0, 0.05) is 25.2 Å². The quantitative estimate of drug-likeness (QED) is 0.780. The maximum Gasteiger partial charge on any atom is 0.0120 e. The van der Waals surface area contributed by atoms with E-state index in [1.54, 1.807) is 0 Å². The Morgan fingerprint density at radius 2 is 1.40 bits per heavy atom. The van der Waals surface area contributed by atoms with Gasteiger partial charge in [0.1, 0.15) is 0 Å². The first-order valence-corrected chi connectivity index (χ1v) is 8.77. The van der Waals surface area contributed by atoms with Gasteiger partial charge >= 0.3 is 0 Å². The Balaban J connectivity index is 1.58. The minimum Gasteiger partial charge on any atom is -0.301 e. The fourth-order valence-corrected chi connectivity index (χ4v) is 5.95. The third-order valence-electron chi connectivity index (χ3n) is 7.07. The van der Waals surface area contributed by atoms with Crippen molar-refractivity contribution in [3.05, 3.63) is 0 Å². The lowest BCUT2D eigenvalue weighted by atomic mass is 9.95. The Kier molecular flexibility index (Phi) is 3.49. The predicted molar refractivity (Wildman–Crippen MR) is 85.8 cm³/mol. The molecule has 2 heterocycles. The first-order valence-electron chi connectivity index (χ1n) is 8.77. The predicted octanol–water partition coefficient (Wildman–Crippen LogP) is 3.47. The summed E-state index contributed by atoms with van der Waals surface area (Å²) in [5, 5.41) is 0. The maximum absolute atomic E-state index is 2.84. The summed E-state index contributed by atoms with van der Waals surface area (Å²) in [7, 11) is 0. The highest BCUT2D eigenvalue weighted by Crippen LogP contribution is 2.75. The Morgan fingerprint density at radius 3 is 1.80 bits per heavy atom. The van der Waals surface area contributed by atoms with Crippen LogP contribution in [0, 0.1) is 22.7 Å². The molecule has 1 saturated carbocycles. The van der Waals surface area contributed by atoms with E-state index in [9.17, 15) is 0 Å². The van der Waals surface area contributed by atoms with Crippen molar-refractivity contribution in [2.24, 2.45) is 22.7 Å². The van der Waals surface area contributed by atoms with Gasteiger partial charge < -0.3 is 4.90 Å². The highest BCUT2D eigenvalue weighted by atomic mass is 15.3. The molecule has 0 aromatic heterocycles. The van der Waals surface area contributed by atoms with Gasteiger partial charge in [0.05, 0.1) is 0 Å². The SMILES string of the molecule is CC(C)C1[C@]2(C)CN(C3CCN(C(C)C)CC3)C[C@]12C. The van der Waals surface area contributed by atoms with Crippen LogP contribution in [0.3, 0.4) is 0 Å². The van der Waals surface area contributed by atoms with Gasteiger partial charge in [-0.2, -0.15) is 0 Å². The fraction of sp³-hybridized carbons (Fsp3) is 1.00. The Labute approximate surface area is 125 Å². The molecule has 1 aliphatic carbocycles. The number of fused-ring (bicyclic) bond motifs is 1. The van der Waals surface area contributed by atoms with Crippen LogP contribution < -0.4 is 0 Å². The summed E-state index contributed by atoms with van der Waals surface area (Å²) in [5.74, 6) is 1.82. The largest absolute Gasteiger partial charge is 0.301 e. The van der Waals surface area contributed by atoms with Gasteiger partial charge in [-0.25, -0.2) is 0 Å². The third kappa shape index (κ3) is 1.98. The number of rotatable bonds is 3. The molecule has 3 fully saturated rings. The zero-order chi connectivity index (χ0) is 14.7. The molecule has 0 aromatic rings. The molecule has 0 amide bonds. The van der Waals surface area contributed by atoms with E-state index < -0.39 is 0 Å². The summed E-state index contributed by atoms with van der Waals surface area (Å²) in [6, 6.07) is 1.59. The molecule has 0 aromatic carbocycles. The molecule has 0 N–H and O–H groups in total. The van der Waals surface area contributed by atoms with Crippen molar-refractivity contribution in [2.45, 2.75) is 66.5 Å². The molecule has 116 valence electrons. The number of piperidine rings is 2. The molecule has 0 radical (unpaired) electrons. The Bertz CT molecular complexity index is 352. The van der Waals surface area contributed by atoms with E-state index in [1.807, 2.05) is 0 Å². The first-order chi connectivity index (χ1) is 9.29. The van der Waals surface area contributed by atoms with Crippen molar-refractivity contribution in [3.8, 4) is 0 Å². The molecule has 0 bridgehead atoms. The smallest absolute Gasteiger partial charge is 0.0120 e. The van der Waals surface area contributed by atoms with Crippen LogP contribution in [0.1, 0.15) is 54.4 Å². The molecule has 2 aliphatic heterocycles. The minimum atomic E-state index is 0.607. The first kappa shape index (κ1) is 14.8. The van der Waals surface area contributed by atoms with Crippen molar-refractivity contribution in [2.75, 3.05) is 26.2 Å². The van der Waals surface area contributed by atoms with Gasteiger partial charge in [-0.3, -0.25) is 4.90 Å². The van der Waals surface area contributed by atoms with Crippen molar-refractivity contribution in [3.63, 3.8) is 0 Å². The van der Waals surface area contributed by atoms with E-state index in [2.05, 4.69) is 51.3 Å². The number of hydrogen-bond acceptors (Lipinski definition) is 2. The Morgan fingerprint density at radius 1 is 0.900 bits per heavy atom. The van der Waals surface area contributed by atoms with Crippen LogP contribution in [0.25, 0.3) is 0 Å². The van der Waals surface area contributed by atoms with E-state index >= 15 is 0 Å². The molecule has 3 rings (SSSR count). The summed E-state index contributed by atoms with van der Waals surface area (Å²) >= 11 is 0. The summed E-state index contributed by atoms with van der Waals surface area (Å²) < 4.78 is 0. The lowest BCUT2D eigenvalue weighted by Crippen LogP contribution is -2.47. The van der Waals surface area contributed by atoms with E-state index in [1.165, 1.54) is 39.0 Å². The van der Waals surface area contributed by atoms with Gasteiger partial charge in [-0.15, -0.1) is 0 Å². The topological polar surface area (TPSA) is 6.48 Å². The monoisotopic (exact) mass is 278 g/mol. The second-order valence-electron chi connectivity index (χ2n) is 8.82. The van der Waals surface area contributed by atoms with E-state index in [0.29, 0.717) is 10.8 Å². The van der Waals surface area contributed by atoms with Crippen LogP contribution >= 0.6 is 0 Å². The maximum atomic E-state index is 2.84. The van der Waals surface area contributed by atoms with Crippen LogP contribution in [0.5, 0.6) is 0 Å². The molecule has 2 saturated heterocycles. The van der Waals surface area contributed by atoms with E-state index in [-0.39, 0.29) is 0 Å². The Hall–Kier alpha value is -0.0800. The van der Waals surface area contributed by atoms with Crippen LogP contribution in [0.15, 0.2) is 0 Å². The van der Waals surface area contributed by atoms with Crippen LogP contribution in [0.4, 0.5) is 0 Å². The van der Waals surface area contributed by atoms with Gasteiger partial charge in [0.15, 0.2) is 0 Å². The minimum absolute atomic E-state index is 0.607. The van der Waals surface area contributed by atoms with Crippen molar-refractivity contribution < 1.29 is 0 Å². The van der Waals surface area contributed by atoms with Gasteiger partial charge in [0.25, 0.3) is 0 Å². The average Bonchev–Trinajstić information content (AvgIpc) is 2.70. The van der Waals surface area contributed by atoms with Crippen molar-refractivity contribution in [1.82, 2.24) is 9.80 Å². The van der Waals surface area contributed by atoms with Crippen LogP contribution in [0.2, 0.25) is 0 Å². The number of hydrogen-bond donors (Lipinski definition) is 0. The van der Waals surface area contributed by atoms with Crippen LogP contribution in [-0.4, -0.2) is 48.1 Å². The average molecular weight is 278 g/mol. The summed E-state index contributed by atoms with van der Waals surface area (Å²) in [6.45, 7) is 20.0. The molecule has 1 unspecified atom stereocenters. The summed E-state index contributed by atoms with van der Waals surface area (Å²) in [6.07, 6.45) is 2.77. The fourth-order valence-electron chi connectivity index (χ4n) is 5.95. The van der Waals surface area contributed by atoms with Gasteiger partial charge in [0.2, 0.25) is 0 Å². The van der Waals surface area contributed by atoms with Gasteiger partial charge in [-0.1, -0.05) is 27.7 Å². The third-order valence-corrected chi connectivity index (χ3v) is 7.07. The van der Waals surface area contributed by atoms with E-state index in [4.69, 9.17) is 0 Å². The molecule has 0 spiro atoms. The highest BCUT2D eigenvalue weighted by Gasteiger charge is 2.75. The zero-order valence-electron chi connectivity index (χ0n) is 14.4. The molecule has 2 nitrogen and oxygen atoms in total. The molecule has 20 heavy (non-hydrogen) atoms. The molecule has 3 atom stereocenters. The summed E-state index contributed by atoms with van der Waals surface area (Å²) in [4.78, 5) is 5.49. The summed E-state index contributed by atoms with van der Waals surface area (Å²) in [5.41, 5.74) is 1.21. The molecule has 2 heteroatoms. The van der Waals surface area contributed by atoms with E-state index in [0.717, 1.165) is 23.9 Å². The van der Waals surface area contributed by atoms with Crippen molar-refractivity contribution >= 4 is 0 Å². The van der Waals surface area contributed by atoms with Crippen LogP contribution in [-0.2, 0) is 0 Å². The van der Waals surface area contributed by atoms with Crippen molar-refractivity contribution in [1.29, 1.82) is 0 Å². The zero-order valence-corrected chi connectivity index (χ0v) is 14.4. The molecule has 3 aliphatic rings. The second-order valence-corrected chi connectivity index (χ2v) is 8.82. The normalized spacial score (nSPS) is 43.5. The number of likely N-dealkylation sites (tertiary alicyclic amines) is 2. The number of nitrogens with zero attached hydrogens (tertiary/aromatic N) is 2. The second kappa shape index (κ2) is 4.71. The van der Waals surface area contributed by atoms with Gasteiger partial charge in [-0.05, 0) is 62.4 Å².